The molecule has 0 radical (unpaired) electrons. The normalized spacial score (nSPS) is 13.9. The molecule has 6 heteroatoms. The van der Waals surface area contributed by atoms with Gasteiger partial charge in [-0.3, -0.25) is 4.79 Å². The largest absolute Gasteiger partial charge is 0.486 e. The van der Waals surface area contributed by atoms with Crippen molar-refractivity contribution in [3.05, 3.63) is 69.5 Å². The van der Waals surface area contributed by atoms with Crippen molar-refractivity contribution >= 4 is 33.2 Å². The minimum absolute atomic E-state index is 0.0644. The van der Waals surface area contributed by atoms with Gasteiger partial charge >= 0.3 is 0 Å². The van der Waals surface area contributed by atoms with Gasteiger partial charge < -0.3 is 14.8 Å². The molecule has 0 fully saturated rings. The fourth-order valence-corrected chi connectivity index (χ4v) is 4.08. The zero-order chi connectivity index (χ0) is 18.8. The summed E-state index contributed by atoms with van der Waals surface area (Å²) in [6, 6.07) is 17.6. The Bertz CT molecular complexity index is 968. The van der Waals surface area contributed by atoms with Crippen molar-refractivity contribution in [1.29, 1.82) is 0 Å². The second-order valence-electron chi connectivity index (χ2n) is 6.27. The highest BCUT2D eigenvalue weighted by Gasteiger charge is 2.16. The van der Waals surface area contributed by atoms with E-state index < -0.39 is 0 Å². The highest BCUT2D eigenvalue weighted by molar-refractivity contribution is 9.10. The first kappa shape index (κ1) is 18.1. The van der Waals surface area contributed by atoms with Crippen molar-refractivity contribution in [3.63, 3.8) is 0 Å². The molecule has 4 nitrogen and oxygen atoms in total. The number of hydrogen-bond donors (Lipinski definition) is 1. The molecule has 0 saturated heterocycles. The summed E-state index contributed by atoms with van der Waals surface area (Å²) in [6.45, 7) is 3.12. The standard InChI is InChI=1S/C21H18BrNO3S/c1-13(14-2-5-16(22)6-3-14)23-21(24)20-9-8-19(27-20)15-4-7-17-18(12-15)26-11-10-25-17/h2-9,12-13H,10-11H2,1H3,(H,23,24)/t13-/m0/s1. The van der Waals surface area contributed by atoms with Gasteiger partial charge in [-0.1, -0.05) is 28.1 Å². The summed E-state index contributed by atoms with van der Waals surface area (Å²) in [7, 11) is 0. The second kappa shape index (κ2) is 7.74. The highest BCUT2D eigenvalue weighted by atomic mass is 79.9. The molecular formula is C21H18BrNO3S. The van der Waals surface area contributed by atoms with Crippen LogP contribution in [0.2, 0.25) is 0 Å². The first-order valence-corrected chi connectivity index (χ1v) is 10.3. The number of ether oxygens (including phenoxy) is 2. The van der Waals surface area contributed by atoms with Crippen molar-refractivity contribution in [1.82, 2.24) is 5.32 Å². The van der Waals surface area contributed by atoms with Crippen LogP contribution in [0.5, 0.6) is 11.5 Å². The van der Waals surface area contributed by atoms with Crippen LogP contribution in [0.25, 0.3) is 10.4 Å². The quantitative estimate of drug-likeness (QED) is 0.583. The van der Waals surface area contributed by atoms with E-state index >= 15 is 0 Å². The third-order valence-electron chi connectivity index (χ3n) is 4.37. The lowest BCUT2D eigenvalue weighted by Crippen LogP contribution is -2.25. The maximum atomic E-state index is 12.6. The topological polar surface area (TPSA) is 47.6 Å². The SMILES string of the molecule is C[C@H](NC(=O)c1ccc(-c2ccc3c(c2)OCCO3)s1)c1ccc(Br)cc1. The number of nitrogens with one attached hydrogen (secondary N) is 1. The smallest absolute Gasteiger partial charge is 0.261 e. The van der Waals surface area contributed by atoms with Gasteiger partial charge in [0.25, 0.3) is 5.91 Å². The van der Waals surface area contributed by atoms with Crippen molar-refractivity contribution in [2.24, 2.45) is 0 Å². The Morgan fingerprint density at radius 3 is 2.56 bits per heavy atom. The van der Waals surface area contributed by atoms with E-state index in [1.807, 2.05) is 61.5 Å². The molecule has 4 rings (SSSR count). The molecule has 0 spiro atoms. The average molecular weight is 444 g/mol. The van der Waals surface area contributed by atoms with Crippen LogP contribution in [-0.2, 0) is 0 Å². The minimum Gasteiger partial charge on any atom is -0.486 e. The van der Waals surface area contributed by atoms with Crippen LogP contribution in [-0.4, -0.2) is 19.1 Å². The molecule has 27 heavy (non-hydrogen) atoms. The van der Waals surface area contributed by atoms with Crippen LogP contribution >= 0.6 is 27.3 Å². The number of amides is 1. The monoisotopic (exact) mass is 443 g/mol. The fourth-order valence-electron chi connectivity index (χ4n) is 2.91. The molecule has 1 N–H and O–H groups in total. The number of thiophene rings is 1. The van der Waals surface area contributed by atoms with E-state index in [1.54, 1.807) is 0 Å². The van der Waals surface area contributed by atoms with E-state index in [-0.39, 0.29) is 11.9 Å². The molecule has 0 unspecified atom stereocenters. The molecule has 0 bridgehead atoms. The Kier molecular flexibility index (Phi) is 5.18. The number of carbonyl (C=O) groups is 1. The van der Waals surface area contributed by atoms with Gasteiger partial charge in [0.05, 0.1) is 10.9 Å². The summed E-state index contributed by atoms with van der Waals surface area (Å²) in [4.78, 5) is 14.3. The molecule has 3 aromatic rings. The van der Waals surface area contributed by atoms with Gasteiger partial charge in [0.2, 0.25) is 0 Å². The van der Waals surface area contributed by atoms with Gasteiger partial charge in [0, 0.05) is 9.35 Å². The number of fused-ring (bicyclic) bond motifs is 1. The predicted molar refractivity (Wildman–Crippen MR) is 111 cm³/mol. The maximum Gasteiger partial charge on any atom is 0.261 e. The Morgan fingerprint density at radius 2 is 1.78 bits per heavy atom. The van der Waals surface area contributed by atoms with E-state index in [1.165, 1.54) is 11.3 Å². The molecule has 138 valence electrons. The van der Waals surface area contributed by atoms with E-state index in [0.717, 1.165) is 32.0 Å². The lowest BCUT2D eigenvalue weighted by atomic mass is 10.1. The van der Waals surface area contributed by atoms with Gasteiger partial charge in [-0.2, -0.15) is 0 Å². The molecular weight excluding hydrogens is 426 g/mol. The van der Waals surface area contributed by atoms with Crippen molar-refractivity contribution in [2.45, 2.75) is 13.0 Å². The summed E-state index contributed by atoms with van der Waals surface area (Å²) in [5.74, 6) is 1.45. The molecule has 2 aromatic carbocycles. The third kappa shape index (κ3) is 4.01. The lowest BCUT2D eigenvalue weighted by Gasteiger charge is -2.18. The summed E-state index contributed by atoms with van der Waals surface area (Å²) < 4.78 is 12.2. The van der Waals surface area contributed by atoms with Crippen LogP contribution < -0.4 is 14.8 Å². The van der Waals surface area contributed by atoms with Crippen molar-refractivity contribution in [3.8, 4) is 21.9 Å². The molecule has 1 aliphatic rings. The first-order chi connectivity index (χ1) is 13.1. The lowest BCUT2D eigenvalue weighted by molar-refractivity contribution is 0.0944. The van der Waals surface area contributed by atoms with Crippen molar-refractivity contribution < 1.29 is 14.3 Å². The zero-order valence-electron chi connectivity index (χ0n) is 14.7. The minimum atomic E-state index is -0.0702. The van der Waals surface area contributed by atoms with Crippen LogP contribution in [0.1, 0.15) is 28.2 Å². The number of benzene rings is 2. The fraction of sp³-hybridized carbons (Fsp3) is 0.190. The van der Waals surface area contributed by atoms with Crippen molar-refractivity contribution in [2.75, 3.05) is 13.2 Å². The number of hydrogen-bond acceptors (Lipinski definition) is 4. The molecule has 1 atom stereocenters. The summed E-state index contributed by atoms with van der Waals surface area (Å²) in [5.41, 5.74) is 2.08. The molecule has 2 heterocycles. The molecule has 1 aromatic heterocycles. The molecule has 0 aliphatic carbocycles. The van der Waals surface area contributed by atoms with Gasteiger partial charge in [0.15, 0.2) is 11.5 Å². The number of rotatable bonds is 4. The van der Waals surface area contributed by atoms with Gasteiger partial charge in [-0.05, 0) is 60.5 Å². The Labute approximate surface area is 170 Å². The summed E-state index contributed by atoms with van der Waals surface area (Å²) >= 11 is 4.90. The average Bonchev–Trinajstić information content (AvgIpc) is 3.18. The van der Waals surface area contributed by atoms with Crippen LogP contribution in [0.15, 0.2) is 59.1 Å². The van der Waals surface area contributed by atoms with Gasteiger partial charge in [0.1, 0.15) is 13.2 Å². The van der Waals surface area contributed by atoms with E-state index in [9.17, 15) is 4.79 Å². The number of carbonyl (C=O) groups excluding carboxylic acids is 1. The van der Waals surface area contributed by atoms with Crippen LogP contribution in [0.3, 0.4) is 0 Å². The van der Waals surface area contributed by atoms with Gasteiger partial charge in [-0.15, -0.1) is 11.3 Å². The Balaban J connectivity index is 1.48. The van der Waals surface area contributed by atoms with E-state index in [0.29, 0.717) is 18.1 Å². The second-order valence-corrected chi connectivity index (χ2v) is 8.27. The summed E-state index contributed by atoms with van der Waals surface area (Å²) in [5, 5.41) is 3.06. The van der Waals surface area contributed by atoms with E-state index in [4.69, 9.17) is 9.47 Å². The number of halogens is 1. The first-order valence-electron chi connectivity index (χ1n) is 8.66. The Morgan fingerprint density at radius 1 is 1.04 bits per heavy atom. The molecule has 0 saturated carbocycles. The van der Waals surface area contributed by atoms with Gasteiger partial charge in [-0.25, -0.2) is 0 Å². The van der Waals surface area contributed by atoms with Crippen LogP contribution in [0.4, 0.5) is 0 Å². The van der Waals surface area contributed by atoms with E-state index in [2.05, 4.69) is 21.2 Å². The highest BCUT2D eigenvalue weighted by Crippen LogP contribution is 2.37. The summed E-state index contributed by atoms with van der Waals surface area (Å²) in [6.07, 6.45) is 0. The molecule has 1 aliphatic heterocycles. The maximum absolute atomic E-state index is 12.6. The zero-order valence-corrected chi connectivity index (χ0v) is 17.1. The third-order valence-corrected chi connectivity index (χ3v) is 6.04. The Hall–Kier alpha value is -2.31. The van der Waals surface area contributed by atoms with Crippen LogP contribution in [0, 0.1) is 0 Å². The molecule has 1 amide bonds. The predicted octanol–water partition coefficient (Wildman–Crippen LogP) is 5.44.